The summed E-state index contributed by atoms with van der Waals surface area (Å²) in [5.74, 6) is 0. The predicted octanol–water partition coefficient (Wildman–Crippen LogP) is 3.23. The Bertz CT molecular complexity index is 56.6. The topological polar surface area (TPSA) is 29.5 Å². The molecule has 0 aliphatic carbocycles. The molecule has 0 fully saturated rings. The van der Waals surface area contributed by atoms with Crippen molar-refractivity contribution in [2.45, 2.75) is 51.9 Å². The van der Waals surface area contributed by atoms with Crippen molar-refractivity contribution in [3.05, 3.63) is 0 Å². The van der Waals surface area contributed by atoms with Crippen molar-refractivity contribution in [2.75, 3.05) is 6.61 Å². The second-order valence-electron chi connectivity index (χ2n) is 2.95. The van der Waals surface area contributed by atoms with E-state index in [1.807, 2.05) is 0 Å². The van der Waals surface area contributed by atoms with E-state index < -0.39 is 0 Å². The van der Waals surface area contributed by atoms with Crippen LogP contribution in [0.5, 0.6) is 0 Å². The van der Waals surface area contributed by atoms with Gasteiger partial charge in [0.2, 0.25) is 0 Å². The molecular weight excluding hydrogens is 140 g/mol. The average Bonchev–Trinajstić information content (AvgIpc) is 2.03. The van der Waals surface area contributed by atoms with E-state index in [0.717, 1.165) is 6.42 Å². The van der Waals surface area contributed by atoms with Crippen LogP contribution < -0.4 is 0 Å². The van der Waals surface area contributed by atoms with Gasteiger partial charge in [0.05, 0.1) is 6.61 Å². The monoisotopic (exact) mass is 160 g/mol. The Hall–Kier alpha value is -0.0800. The number of hydrogen-bond acceptors (Lipinski definition) is 2. The van der Waals surface area contributed by atoms with Gasteiger partial charge >= 0.3 is 0 Å². The Morgan fingerprint density at radius 3 is 2.00 bits per heavy atom. The molecule has 1 N–H and O–H groups in total. The lowest BCUT2D eigenvalue weighted by Gasteiger charge is -1.98. The molecule has 68 valence electrons. The summed E-state index contributed by atoms with van der Waals surface area (Å²) in [6, 6.07) is 0. The summed E-state index contributed by atoms with van der Waals surface area (Å²) in [6.07, 6.45) is 8.81. The molecule has 0 radical (unpaired) electrons. The Balaban J connectivity index is 2.69. The van der Waals surface area contributed by atoms with Gasteiger partial charge in [0.25, 0.3) is 0 Å². The zero-order chi connectivity index (χ0) is 8.36. The zero-order valence-electron chi connectivity index (χ0n) is 7.51. The number of rotatable bonds is 8. The standard InChI is InChI=1S/C9H20O2/c1-2-3-4-5-6-7-8-9-11-10/h10H,2-9H2,1H3. The lowest BCUT2D eigenvalue weighted by molar-refractivity contribution is -0.242. The molecular formula is C9H20O2. The second kappa shape index (κ2) is 9.92. The second-order valence-corrected chi connectivity index (χ2v) is 2.95. The summed E-state index contributed by atoms with van der Waals surface area (Å²) in [7, 11) is 0. The van der Waals surface area contributed by atoms with Crippen molar-refractivity contribution in [1.29, 1.82) is 0 Å². The quantitative estimate of drug-likeness (QED) is 0.335. The summed E-state index contributed by atoms with van der Waals surface area (Å²) in [5, 5.41) is 8.01. The first-order valence-electron chi connectivity index (χ1n) is 4.68. The van der Waals surface area contributed by atoms with E-state index in [4.69, 9.17) is 5.26 Å². The molecule has 0 heterocycles. The maximum Gasteiger partial charge on any atom is 0.0819 e. The molecule has 0 aromatic carbocycles. The van der Waals surface area contributed by atoms with E-state index in [-0.39, 0.29) is 0 Å². The number of hydrogen-bond donors (Lipinski definition) is 1. The summed E-state index contributed by atoms with van der Waals surface area (Å²) in [5.41, 5.74) is 0. The van der Waals surface area contributed by atoms with Crippen LogP contribution in [0.2, 0.25) is 0 Å². The van der Waals surface area contributed by atoms with Gasteiger partial charge in [-0.2, -0.15) is 0 Å². The van der Waals surface area contributed by atoms with Gasteiger partial charge in [-0.15, -0.1) is 0 Å². The normalized spacial score (nSPS) is 10.4. The Labute approximate surface area is 69.5 Å². The first-order valence-corrected chi connectivity index (χ1v) is 4.68. The van der Waals surface area contributed by atoms with Gasteiger partial charge in [0.15, 0.2) is 0 Å². The molecule has 0 amide bonds. The van der Waals surface area contributed by atoms with Gasteiger partial charge in [0.1, 0.15) is 0 Å². The van der Waals surface area contributed by atoms with Crippen LogP contribution in [0.1, 0.15) is 51.9 Å². The third-order valence-corrected chi connectivity index (χ3v) is 1.84. The fourth-order valence-electron chi connectivity index (χ4n) is 1.12. The maximum absolute atomic E-state index is 8.01. The molecule has 0 spiro atoms. The van der Waals surface area contributed by atoms with E-state index in [0.29, 0.717) is 6.61 Å². The Morgan fingerprint density at radius 1 is 0.909 bits per heavy atom. The Kier molecular flexibility index (Phi) is 9.85. The van der Waals surface area contributed by atoms with Gasteiger partial charge in [-0.1, -0.05) is 45.4 Å². The highest BCUT2D eigenvalue weighted by Gasteiger charge is 1.89. The van der Waals surface area contributed by atoms with Crippen molar-refractivity contribution >= 4 is 0 Å². The molecule has 0 rings (SSSR count). The van der Waals surface area contributed by atoms with Crippen molar-refractivity contribution in [2.24, 2.45) is 0 Å². The van der Waals surface area contributed by atoms with Crippen LogP contribution in [0.15, 0.2) is 0 Å². The highest BCUT2D eigenvalue weighted by Crippen LogP contribution is 2.06. The van der Waals surface area contributed by atoms with Crippen LogP contribution in [0, 0.1) is 0 Å². The SMILES string of the molecule is CCCCCCCCCOO. The predicted molar refractivity (Wildman–Crippen MR) is 46.6 cm³/mol. The molecule has 0 aromatic heterocycles. The summed E-state index contributed by atoms with van der Waals surface area (Å²) in [4.78, 5) is 3.97. The molecule has 0 aliphatic rings. The molecule has 2 heteroatoms. The van der Waals surface area contributed by atoms with Crippen LogP contribution in [0.25, 0.3) is 0 Å². The van der Waals surface area contributed by atoms with E-state index >= 15 is 0 Å². The molecule has 0 bridgehead atoms. The zero-order valence-corrected chi connectivity index (χ0v) is 7.51. The molecule has 0 aromatic rings. The number of unbranched alkanes of at least 4 members (excludes halogenated alkanes) is 6. The van der Waals surface area contributed by atoms with Gasteiger partial charge in [0, 0.05) is 0 Å². The highest BCUT2D eigenvalue weighted by molar-refractivity contribution is 4.43. The minimum absolute atomic E-state index is 0.494. The minimum Gasteiger partial charge on any atom is -0.252 e. The molecule has 0 aliphatic heterocycles. The third-order valence-electron chi connectivity index (χ3n) is 1.84. The summed E-state index contributed by atoms with van der Waals surface area (Å²) in [6.45, 7) is 2.72. The van der Waals surface area contributed by atoms with Crippen LogP contribution in [0.3, 0.4) is 0 Å². The van der Waals surface area contributed by atoms with Gasteiger partial charge in [-0.05, 0) is 6.42 Å². The molecule has 0 saturated carbocycles. The first kappa shape index (κ1) is 10.9. The lowest BCUT2D eigenvalue weighted by atomic mass is 10.1. The summed E-state index contributed by atoms with van der Waals surface area (Å²) < 4.78 is 0. The van der Waals surface area contributed by atoms with Gasteiger partial charge in [-0.25, -0.2) is 4.89 Å². The fourth-order valence-corrected chi connectivity index (χ4v) is 1.12. The molecule has 2 nitrogen and oxygen atoms in total. The summed E-state index contributed by atoms with van der Waals surface area (Å²) >= 11 is 0. The smallest absolute Gasteiger partial charge is 0.0819 e. The van der Waals surface area contributed by atoms with Crippen LogP contribution in [-0.2, 0) is 4.89 Å². The lowest BCUT2D eigenvalue weighted by Crippen LogP contribution is -1.88. The third kappa shape index (κ3) is 9.92. The van der Waals surface area contributed by atoms with Crippen molar-refractivity contribution in [1.82, 2.24) is 0 Å². The van der Waals surface area contributed by atoms with Crippen LogP contribution in [0.4, 0.5) is 0 Å². The molecule has 11 heavy (non-hydrogen) atoms. The highest BCUT2D eigenvalue weighted by atomic mass is 17.1. The largest absolute Gasteiger partial charge is 0.252 e. The Morgan fingerprint density at radius 2 is 1.45 bits per heavy atom. The van der Waals surface area contributed by atoms with Crippen LogP contribution in [-0.4, -0.2) is 11.9 Å². The van der Waals surface area contributed by atoms with Crippen molar-refractivity contribution in [3.63, 3.8) is 0 Å². The fraction of sp³-hybridized carbons (Fsp3) is 1.00. The van der Waals surface area contributed by atoms with E-state index in [1.165, 1.54) is 38.5 Å². The molecule has 0 atom stereocenters. The van der Waals surface area contributed by atoms with E-state index in [2.05, 4.69) is 11.8 Å². The van der Waals surface area contributed by atoms with Crippen LogP contribution >= 0.6 is 0 Å². The molecule has 0 unspecified atom stereocenters. The first-order chi connectivity index (χ1) is 5.41. The average molecular weight is 160 g/mol. The van der Waals surface area contributed by atoms with Gasteiger partial charge < -0.3 is 0 Å². The molecule has 0 saturated heterocycles. The minimum atomic E-state index is 0.494. The van der Waals surface area contributed by atoms with Gasteiger partial charge in [-0.3, -0.25) is 5.26 Å². The van der Waals surface area contributed by atoms with E-state index in [9.17, 15) is 0 Å². The van der Waals surface area contributed by atoms with Crippen molar-refractivity contribution in [3.8, 4) is 0 Å². The van der Waals surface area contributed by atoms with E-state index in [1.54, 1.807) is 0 Å². The maximum atomic E-state index is 8.01. The van der Waals surface area contributed by atoms with Crippen molar-refractivity contribution < 1.29 is 10.1 Å².